The van der Waals surface area contributed by atoms with Gasteiger partial charge in [0.2, 0.25) is 0 Å². The number of carbonyl (C=O) groups is 2. The van der Waals surface area contributed by atoms with Gasteiger partial charge in [0.05, 0.1) is 12.7 Å². The topological polar surface area (TPSA) is 71.2 Å². The second-order valence-corrected chi connectivity index (χ2v) is 5.26. The molecule has 112 valence electrons. The second-order valence-electron chi connectivity index (χ2n) is 5.26. The molecule has 20 heavy (non-hydrogen) atoms. The zero-order valence-electron chi connectivity index (χ0n) is 13.1. The maximum Gasteiger partial charge on any atom is 0.339 e. The second kappa shape index (κ2) is 6.59. The van der Waals surface area contributed by atoms with Crippen LogP contribution in [0.1, 0.15) is 59.3 Å². The molecule has 0 saturated carbocycles. The van der Waals surface area contributed by atoms with Crippen molar-refractivity contribution in [1.82, 2.24) is 10.3 Å². The summed E-state index contributed by atoms with van der Waals surface area (Å²) in [4.78, 5) is 26.9. The Kier molecular flexibility index (Phi) is 5.36. The number of H-pyrrole nitrogens is 1. The van der Waals surface area contributed by atoms with Gasteiger partial charge in [-0.15, -0.1) is 0 Å². The van der Waals surface area contributed by atoms with E-state index in [1.807, 2.05) is 6.92 Å². The van der Waals surface area contributed by atoms with Gasteiger partial charge in [0.15, 0.2) is 0 Å². The summed E-state index contributed by atoms with van der Waals surface area (Å²) >= 11 is 0. The number of amides is 1. The number of hydrogen-bond acceptors (Lipinski definition) is 3. The van der Waals surface area contributed by atoms with Crippen molar-refractivity contribution >= 4 is 11.9 Å². The molecule has 0 bridgehead atoms. The van der Waals surface area contributed by atoms with Crippen molar-refractivity contribution in [1.29, 1.82) is 0 Å². The molecule has 5 nitrogen and oxygen atoms in total. The molecule has 2 unspecified atom stereocenters. The van der Waals surface area contributed by atoms with Crippen molar-refractivity contribution in [2.24, 2.45) is 5.92 Å². The lowest BCUT2D eigenvalue weighted by molar-refractivity contribution is 0.0599. The van der Waals surface area contributed by atoms with E-state index in [4.69, 9.17) is 4.74 Å². The number of aryl methyl sites for hydroxylation is 1. The summed E-state index contributed by atoms with van der Waals surface area (Å²) in [7, 11) is 1.33. The molecule has 0 aliphatic rings. The van der Waals surface area contributed by atoms with Crippen molar-refractivity contribution in [3.8, 4) is 0 Å². The Morgan fingerprint density at radius 2 is 1.90 bits per heavy atom. The predicted molar refractivity (Wildman–Crippen MR) is 78.0 cm³/mol. The number of methoxy groups -OCH3 is 1. The quantitative estimate of drug-likeness (QED) is 0.814. The molecule has 0 saturated heterocycles. The molecule has 0 aromatic carbocycles. The van der Waals surface area contributed by atoms with Gasteiger partial charge in [0.1, 0.15) is 5.69 Å². The fraction of sp³-hybridized carbons (Fsp3) is 0.600. The summed E-state index contributed by atoms with van der Waals surface area (Å²) in [5.74, 6) is -0.214. The molecule has 0 aliphatic heterocycles. The van der Waals surface area contributed by atoms with E-state index in [1.165, 1.54) is 7.11 Å². The van der Waals surface area contributed by atoms with Crippen molar-refractivity contribution in [2.75, 3.05) is 7.11 Å². The number of aromatic nitrogens is 1. The van der Waals surface area contributed by atoms with Gasteiger partial charge in [-0.2, -0.15) is 0 Å². The molecule has 1 heterocycles. The summed E-state index contributed by atoms with van der Waals surface area (Å²) in [5, 5.41) is 2.96. The third-order valence-corrected chi connectivity index (χ3v) is 3.91. The lowest BCUT2D eigenvalue weighted by atomic mass is 10.0. The Bertz CT molecular complexity index is 505. The molecule has 0 fully saturated rings. The van der Waals surface area contributed by atoms with E-state index in [-0.39, 0.29) is 11.9 Å². The number of ether oxygens (including phenoxy) is 1. The molecule has 5 heteroatoms. The molecule has 0 aliphatic carbocycles. The predicted octanol–water partition coefficient (Wildman–Crippen LogP) is 2.58. The van der Waals surface area contributed by atoms with Crippen molar-refractivity contribution in [3.05, 3.63) is 22.5 Å². The van der Waals surface area contributed by atoms with E-state index >= 15 is 0 Å². The van der Waals surface area contributed by atoms with Crippen molar-refractivity contribution in [2.45, 2.75) is 47.1 Å². The summed E-state index contributed by atoms with van der Waals surface area (Å²) in [6.07, 6.45) is 0.998. The van der Waals surface area contributed by atoms with Crippen LogP contribution in [0.5, 0.6) is 0 Å². The van der Waals surface area contributed by atoms with Crippen LogP contribution in [0.2, 0.25) is 0 Å². The summed E-state index contributed by atoms with van der Waals surface area (Å²) < 4.78 is 4.74. The molecular formula is C15H24N2O3. The van der Waals surface area contributed by atoms with Crippen molar-refractivity contribution < 1.29 is 14.3 Å². The van der Waals surface area contributed by atoms with Gasteiger partial charge in [-0.25, -0.2) is 4.79 Å². The van der Waals surface area contributed by atoms with Gasteiger partial charge in [0, 0.05) is 11.7 Å². The Balaban J connectivity index is 2.98. The maximum absolute atomic E-state index is 12.3. The van der Waals surface area contributed by atoms with Crippen molar-refractivity contribution in [3.63, 3.8) is 0 Å². The third kappa shape index (κ3) is 3.21. The first kappa shape index (κ1) is 16.3. The first-order valence-corrected chi connectivity index (χ1v) is 6.91. The van der Waals surface area contributed by atoms with Crippen LogP contribution >= 0.6 is 0 Å². The highest BCUT2D eigenvalue weighted by atomic mass is 16.5. The average Bonchev–Trinajstić information content (AvgIpc) is 2.72. The number of carbonyl (C=O) groups excluding carboxylic acids is 2. The number of hydrogen-bond donors (Lipinski definition) is 2. The molecule has 1 rings (SSSR count). The van der Waals surface area contributed by atoms with Crippen LogP contribution in [0.25, 0.3) is 0 Å². The molecule has 2 N–H and O–H groups in total. The van der Waals surface area contributed by atoms with Crippen LogP contribution in [0, 0.1) is 19.8 Å². The van der Waals surface area contributed by atoms with Crippen LogP contribution in [-0.4, -0.2) is 30.0 Å². The number of nitrogens with one attached hydrogen (secondary N) is 2. The lowest BCUT2D eigenvalue weighted by Gasteiger charge is -2.19. The van der Waals surface area contributed by atoms with Crippen LogP contribution in [0.4, 0.5) is 0 Å². The van der Waals surface area contributed by atoms with E-state index in [0.29, 0.717) is 28.4 Å². The van der Waals surface area contributed by atoms with E-state index in [2.05, 4.69) is 24.1 Å². The molecular weight excluding hydrogens is 256 g/mol. The third-order valence-electron chi connectivity index (χ3n) is 3.91. The van der Waals surface area contributed by atoms with E-state index in [9.17, 15) is 9.59 Å². The Morgan fingerprint density at radius 1 is 1.30 bits per heavy atom. The highest BCUT2D eigenvalue weighted by Crippen LogP contribution is 2.19. The van der Waals surface area contributed by atoms with E-state index in [1.54, 1.807) is 13.8 Å². The van der Waals surface area contributed by atoms with Gasteiger partial charge in [-0.3, -0.25) is 4.79 Å². The summed E-state index contributed by atoms with van der Waals surface area (Å²) in [6, 6.07) is 0.0806. The first-order valence-electron chi connectivity index (χ1n) is 6.91. The molecule has 0 spiro atoms. The van der Waals surface area contributed by atoms with E-state index < -0.39 is 5.97 Å². The van der Waals surface area contributed by atoms with Gasteiger partial charge in [0.25, 0.3) is 5.91 Å². The normalized spacial score (nSPS) is 13.7. The average molecular weight is 280 g/mol. The van der Waals surface area contributed by atoms with Gasteiger partial charge < -0.3 is 15.0 Å². The van der Waals surface area contributed by atoms with Gasteiger partial charge >= 0.3 is 5.97 Å². The summed E-state index contributed by atoms with van der Waals surface area (Å²) in [5.41, 5.74) is 2.14. The molecule has 1 amide bonds. The zero-order valence-corrected chi connectivity index (χ0v) is 13.1. The van der Waals surface area contributed by atoms with Crippen LogP contribution < -0.4 is 5.32 Å². The number of aromatic amines is 1. The lowest BCUT2D eigenvalue weighted by Crippen LogP contribution is -2.37. The SMILES string of the molecule is CCC(C)C(C)NC(=O)c1[nH]c(C)c(C(=O)OC)c1C. The molecule has 0 radical (unpaired) electrons. The molecule has 2 atom stereocenters. The standard InChI is InChI=1S/C15H24N2O3/c1-7-8(2)10(4)17-14(18)13-9(3)12(11(5)16-13)15(19)20-6/h8,10,16H,7H2,1-6H3,(H,17,18). The minimum Gasteiger partial charge on any atom is -0.465 e. The number of rotatable bonds is 5. The largest absolute Gasteiger partial charge is 0.465 e. The number of esters is 1. The summed E-state index contributed by atoms with van der Waals surface area (Å²) in [6.45, 7) is 9.68. The minimum atomic E-state index is -0.426. The van der Waals surface area contributed by atoms with Gasteiger partial charge in [-0.05, 0) is 32.3 Å². The van der Waals surface area contributed by atoms with Crippen LogP contribution in [0.3, 0.4) is 0 Å². The molecule has 1 aromatic heterocycles. The Morgan fingerprint density at radius 3 is 2.40 bits per heavy atom. The highest BCUT2D eigenvalue weighted by molar-refractivity contribution is 6.00. The first-order chi connectivity index (χ1) is 9.33. The minimum absolute atomic E-state index is 0.0806. The fourth-order valence-corrected chi connectivity index (χ4v) is 2.16. The zero-order chi connectivity index (χ0) is 15.4. The Labute approximate surface area is 120 Å². The fourth-order valence-electron chi connectivity index (χ4n) is 2.16. The van der Waals surface area contributed by atoms with Crippen LogP contribution in [0.15, 0.2) is 0 Å². The monoisotopic (exact) mass is 280 g/mol. The van der Waals surface area contributed by atoms with Crippen LogP contribution in [-0.2, 0) is 4.74 Å². The van der Waals surface area contributed by atoms with Gasteiger partial charge in [-0.1, -0.05) is 20.3 Å². The Hall–Kier alpha value is -1.78. The molecule has 1 aromatic rings. The smallest absolute Gasteiger partial charge is 0.339 e. The van der Waals surface area contributed by atoms with E-state index in [0.717, 1.165) is 6.42 Å². The maximum atomic E-state index is 12.3. The highest BCUT2D eigenvalue weighted by Gasteiger charge is 2.23.